The van der Waals surface area contributed by atoms with Gasteiger partial charge in [-0.05, 0) is 62.7 Å². The zero-order valence-electron chi connectivity index (χ0n) is 15.0. The van der Waals surface area contributed by atoms with Gasteiger partial charge in [-0.1, -0.05) is 17.7 Å². The Hall–Kier alpha value is -2.33. The molecule has 0 amide bonds. The molecule has 2 aromatic carbocycles. The Morgan fingerprint density at radius 1 is 1.04 bits per heavy atom. The number of benzene rings is 2. The fourth-order valence-electron chi connectivity index (χ4n) is 3.91. The van der Waals surface area contributed by atoms with Crippen LogP contribution in [0.3, 0.4) is 0 Å². The molecule has 1 fully saturated rings. The average Bonchev–Trinajstić information content (AvgIpc) is 2.97. The molecule has 130 valence electrons. The van der Waals surface area contributed by atoms with Crippen molar-refractivity contribution in [2.45, 2.75) is 32.5 Å². The van der Waals surface area contributed by atoms with Crippen LogP contribution in [0.4, 0.5) is 10.1 Å². The fourth-order valence-corrected chi connectivity index (χ4v) is 3.91. The first-order valence-electron chi connectivity index (χ1n) is 8.80. The van der Waals surface area contributed by atoms with E-state index >= 15 is 0 Å². The molecule has 2 heterocycles. The Balaban J connectivity index is 1.82. The molecular formula is C21H24FN3. The monoisotopic (exact) mass is 337 g/mol. The number of piperazine rings is 1. The lowest BCUT2D eigenvalue weighted by Crippen LogP contribution is -2.66. The molecule has 4 rings (SSSR count). The van der Waals surface area contributed by atoms with E-state index in [4.69, 9.17) is 0 Å². The van der Waals surface area contributed by atoms with Crippen LogP contribution in [0.5, 0.6) is 0 Å². The van der Waals surface area contributed by atoms with Gasteiger partial charge in [-0.3, -0.25) is 0 Å². The Kier molecular flexibility index (Phi) is 3.80. The lowest BCUT2D eigenvalue weighted by atomic mass is 9.96. The van der Waals surface area contributed by atoms with Gasteiger partial charge in [0.2, 0.25) is 0 Å². The van der Waals surface area contributed by atoms with E-state index in [2.05, 4.69) is 66.4 Å². The van der Waals surface area contributed by atoms with Crippen molar-refractivity contribution in [1.29, 1.82) is 0 Å². The third-order valence-corrected chi connectivity index (χ3v) is 5.15. The number of fused-ring (bicyclic) bond motifs is 1. The van der Waals surface area contributed by atoms with Gasteiger partial charge in [-0.2, -0.15) is 0 Å². The third-order valence-electron chi connectivity index (χ3n) is 5.15. The van der Waals surface area contributed by atoms with Crippen LogP contribution >= 0.6 is 0 Å². The predicted molar refractivity (Wildman–Crippen MR) is 101 cm³/mol. The molecule has 0 aliphatic carbocycles. The van der Waals surface area contributed by atoms with E-state index in [1.807, 2.05) is 12.1 Å². The summed E-state index contributed by atoms with van der Waals surface area (Å²) in [4.78, 5) is 4.77. The smallest absolute Gasteiger partial charge is 0.124 e. The molecule has 0 aromatic heterocycles. The molecular weight excluding hydrogens is 313 g/mol. The molecule has 2 aliphatic rings. The van der Waals surface area contributed by atoms with Gasteiger partial charge in [0.15, 0.2) is 0 Å². The molecule has 0 bridgehead atoms. The molecule has 2 aliphatic heterocycles. The van der Waals surface area contributed by atoms with Gasteiger partial charge < -0.3 is 15.1 Å². The second-order valence-electron chi connectivity index (χ2n) is 7.49. The van der Waals surface area contributed by atoms with Crippen LogP contribution in [0.25, 0.3) is 5.70 Å². The van der Waals surface area contributed by atoms with Crippen LogP contribution in [0, 0.1) is 12.7 Å². The lowest BCUT2D eigenvalue weighted by molar-refractivity contribution is 0.135. The SMILES string of the molecule is Cc1ccc(N2C(c3ccc(F)cc3)=CN3CCNC(C)(C)C32)cc1. The Bertz CT molecular complexity index is 793. The highest BCUT2D eigenvalue weighted by Crippen LogP contribution is 2.40. The van der Waals surface area contributed by atoms with E-state index in [1.165, 1.54) is 17.7 Å². The molecule has 4 heteroatoms. The highest BCUT2D eigenvalue weighted by molar-refractivity contribution is 5.82. The molecule has 0 spiro atoms. The van der Waals surface area contributed by atoms with Crippen LogP contribution < -0.4 is 10.2 Å². The summed E-state index contributed by atoms with van der Waals surface area (Å²) in [6.07, 6.45) is 2.41. The number of halogens is 1. The number of aryl methyl sites for hydroxylation is 1. The second-order valence-corrected chi connectivity index (χ2v) is 7.49. The van der Waals surface area contributed by atoms with E-state index in [9.17, 15) is 4.39 Å². The van der Waals surface area contributed by atoms with Gasteiger partial charge >= 0.3 is 0 Å². The lowest BCUT2D eigenvalue weighted by Gasteiger charge is -2.48. The van der Waals surface area contributed by atoms with Crippen LogP contribution in [0.1, 0.15) is 25.0 Å². The predicted octanol–water partition coefficient (Wildman–Crippen LogP) is 3.96. The van der Waals surface area contributed by atoms with Crippen molar-refractivity contribution in [1.82, 2.24) is 10.2 Å². The third kappa shape index (κ3) is 2.81. The standard InChI is InChI=1S/C21H24FN3/c1-15-4-10-18(11-5-15)25-19(16-6-8-17(22)9-7-16)14-24-13-12-23-21(2,3)20(24)25/h4-11,14,20,23H,12-13H2,1-3H3. The summed E-state index contributed by atoms with van der Waals surface area (Å²) in [6, 6.07) is 15.4. The zero-order valence-corrected chi connectivity index (χ0v) is 15.0. The van der Waals surface area contributed by atoms with Crippen molar-refractivity contribution >= 4 is 11.4 Å². The van der Waals surface area contributed by atoms with Crippen LogP contribution in [-0.4, -0.2) is 29.7 Å². The Morgan fingerprint density at radius 3 is 2.40 bits per heavy atom. The van der Waals surface area contributed by atoms with E-state index in [0.717, 1.165) is 30.0 Å². The minimum Gasteiger partial charge on any atom is -0.352 e. The molecule has 1 unspecified atom stereocenters. The first kappa shape index (κ1) is 16.2. The number of anilines is 1. The minimum atomic E-state index is -0.205. The topological polar surface area (TPSA) is 18.5 Å². The number of hydrogen-bond donors (Lipinski definition) is 1. The van der Waals surface area contributed by atoms with Crippen LogP contribution in [-0.2, 0) is 0 Å². The second kappa shape index (κ2) is 5.88. The summed E-state index contributed by atoms with van der Waals surface area (Å²) in [7, 11) is 0. The fraction of sp³-hybridized carbons (Fsp3) is 0.333. The number of hydrogen-bond acceptors (Lipinski definition) is 3. The minimum absolute atomic E-state index is 0.0680. The van der Waals surface area contributed by atoms with Gasteiger partial charge in [-0.25, -0.2) is 4.39 Å². The number of nitrogens with one attached hydrogen (secondary N) is 1. The summed E-state index contributed by atoms with van der Waals surface area (Å²) in [6.45, 7) is 8.50. The molecule has 1 N–H and O–H groups in total. The summed E-state index contributed by atoms with van der Waals surface area (Å²) < 4.78 is 13.4. The summed E-state index contributed by atoms with van der Waals surface area (Å²) in [5, 5.41) is 3.65. The average molecular weight is 337 g/mol. The van der Waals surface area contributed by atoms with Crippen molar-refractivity contribution in [3.63, 3.8) is 0 Å². The maximum Gasteiger partial charge on any atom is 0.124 e. The van der Waals surface area contributed by atoms with Crippen molar-refractivity contribution in [2.75, 3.05) is 18.0 Å². The maximum absolute atomic E-state index is 13.4. The van der Waals surface area contributed by atoms with Crippen molar-refractivity contribution < 1.29 is 4.39 Å². The molecule has 0 radical (unpaired) electrons. The maximum atomic E-state index is 13.4. The first-order valence-corrected chi connectivity index (χ1v) is 8.80. The van der Waals surface area contributed by atoms with Crippen molar-refractivity contribution in [3.05, 3.63) is 71.7 Å². The summed E-state index contributed by atoms with van der Waals surface area (Å²) in [5.74, 6) is -0.205. The number of nitrogens with zero attached hydrogens (tertiary/aromatic N) is 2. The van der Waals surface area contributed by atoms with Gasteiger partial charge in [0.05, 0.1) is 11.2 Å². The van der Waals surface area contributed by atoms with Gasteiger partial charge in [0.1, 0.15) is 12.0 Å². The summed E-state index contributed by atoms with van der Waals surface area (Å²) >= 11 is 0. The molecule has 1 saturated heterocycles. The van der Waals surface area contributed by atoms with Crippen molar-refractivity contribution in [3.8, 4) is 0 Å². The number of rotatable bonds is 2. The highest BCUT2D eigenvalue weighted by atomic mass is 19.1. The van der Waals surface area contributed by atoms with Crippen molar-refractivity contribution in [2.24, 2.45) is 0 Å². The van der Waals surface area contributed by atoms with Crippen LogP contribution in [0.2, 0.25) is 0 Å². The molecule has 25 heavy (non-hydrogen) atoms. The Labute approximate surface area is 148 Å². The van der Waals surface area contributed by atoms with Gasteiger partial charge in [0, 0.05) is 25.0 Å². The molecule has 3 nitrogen and oxygen atoms in total. The van der Waals surface area contributed by atoms with Gasteiger partial charge in [0.25, 0.3) is 0 Å². The molecule has 2 aromatic rings. The zero-order chi connectivity index (χ0) is 17.6. The van der Waals surface area contributed by atoms with E-state index in [1.54, 1.807) is 0 Å². The normalized spacial score (nSPS) is 21.9. The van der Waals surface area contributed by atoms with E-state index in [-0.39, 0.29) is 17.5 Å². The van der Waals surface area contributed by atoms with Crippen LogP contribution in [0.15, 0.2) is 54.7 Å². The van der Waals surface area contributed by atoms with E-state index < -0.39 is 0 Å². The van der Waals surface area contributed by atoms with Gasteiger partial charge in [-0.15, -0.1) is 0 Å². The largest absolute Gasteiger partial charge is 0.352 e. The summed E-state index contributed by atoms with van der Waals surface area (Å²) in [5.41, 5.74) is 4.48. The van der Waals surface area contributed by atoms with E-state index in [0.29, 0.717) is 0 Å². The highest BCUT2D eigenvalue weighted by Gasteiger charge is 2.45. The quantitative estimate of drug-likeness (QED) is 0.895. The first-order chi connectivity index (χ1) is 12.0. The molecule has 0 saturated carbocycles. The Morgan fingerprint density at radius 2 is 1.72 bits per heavy atom. The molecule has 1 atom stereocenters.